The van der Waals surface area contributed by atoms with Crippen molar-refractivity contribution in [2.24, 2.45) is 0 Å². The van der Waals surface area contributed by atoms with Crippen molar-refractivity contribution in [3.05, 3.63) is 64.1 Å². The number of aromatic carboxylic acids is 1. The van der Waals surface area contributed by atoms with Gasteiger partial charge in [0.1, 0.15) is 22.1 Å². The summed E-state index contributed by atoms with van der Waals surface area (Å²) in [6, 6.07) is 7.86. The van der Waals surface area contributed by atoms with Crippen molar-refractivity contribution in [2.45, 2.75) is 6.36 Å². The molecule has 0 aliphatic carbocycles. The molecule has 1 amide bonds. The van der Waals surface area contributed by atoms with Crippen molar-refractivity contribution in [3.8, 4) is 22.6 Å². The number of amides is 1. The van der Waals surface area contributed by atoms with Crippen molar-refractivity contribution in [1.29, 1.82) is 0 Å². The van der Waals surface area contributed by atoms with Gasteiger partial charge >= 0.3 is 12.3 Å². The quantitative estimate of drug-likeness (QED) is 0.378. The van der Waals surface area contributed by atoms with Gasteiger partial charge < -0.3 is 20.3 Å². The zero-order chi connectivity index (χ0) is 22.1. The number of carboxylic acids is 1. The molecule has 3 N–H and O–H groups in total. The van der Waals surface area contributed by atoms with E-state index in [9.17, 15) is 32.3 Å². The molecule has 3 aromatic rings. The van der Waals surface area contributed by atoms with Crippen LogP contribution in [0.5, 0.6) is 11.5 Å². The molecular formula is C19H11F4NO5S. The molecule has 3 rings (SSSR count). The summed E-state index contributed by atoms with van der Waals surface area (Å²) >= 11 is 0.801. The van der Waals surface area contributed by atoms with Crippen LogP contribution in [0.1, 0.15) is 20.0 Å². The average molecular weight is 441 g/mol. The number of carbonyl (C=O) groups excluding carboxylic acids is 1. The van der Waals surface area contributed by atoms with Gasteiger partial charge in [-0.05, 0) is 46.8 Å². The number of thiophene rings is 1. The van der Waals surface area contributed by atoms with Gasteiger partial charge in [-0.25, -0.2) is 9.18 Å². The van der Waals surface area contributed by atoms with Crippen molar-refractivity contribution < 1.29 is 42.1 Å². The van der Waals surface area contributed by atoms with Gasteiger partial charge in [-0.1, -0.05) is 12.1 Å². The van der Waals surface area contributed by atoms with Gasteiger partial charge in [0.05, 0.1) is 5.56 Å². The fourth-order valence-electron chi connectivity index (χ4n) is 2.59. The van der Waals surface area contributed by atoms with Gasteiger partial charge in [0.15, 0.2) is 5.82 Å². The first kappa shape index (κ1) is 21.1. The third kappa shape index (κ3) is 4.69. The first-order valence-corrected chi connectivity index (χ1v) is 8.94. The number of rotatable bonds is 5. The normalized spacial score (nSPS) is 11.2. The summed E-state index contributed by atoms with van der Waals surface area (Å²) in [4.78, 5) is 23.1. The molecule has 0 fully saturated rings. The Labute approximate surface area is 170 Å². The predicted octanol–water partition coefficient (Wildman–Crippen LogP) is 5.11. The molecule has 0 bridgehead atoms. The van der Waals surface area contributed by atoms with Crippen molar-refractivity contribution in [1.82, 2.24) is 0 Å². The summed E-state index contributed by atoms with van der Waals surface area (Å²) in [5.74, 6) is -4.59. The summed E-state index contributed by atoms with van der Waals surface area (Å²) < 4.78 is 55.5. The Kier molecular flexibility index (Phi) is 5.65. The average Bonchev–Trinajstić information content (AvgIpc) is 3.13. The first-order valence-electron chi connectivity index (χ1n) is 8.06. The molecule has 2 aromatic carbocycles. The highest BCUT2D eigenvalue weighted by Gasteiger charge is 2.31. The molecule has 0 aliphatic heterocycles. The minimum atomic E-state index is -4.91. The van der Waals surface area contributed by atoms with Gasteiger partial charge in [-0.15, -0.1) is 24.5 Å². The third-order valence-corrected chi connectivity index (χ3v) is 4.72. The number of hydrogen-bond donors (Lipinski definition) is 3. The Hall–Kier alpha value is -3.60. The zero-order valence-electron chi connectivity index (χ0n) is 14.7. The van der Waals surface area contributed by atoms with Gasteiger partial charge in [0.25, 0.3) is 5.91 Å². The van der Waals surface area contributed by atoms with Crippen LogP contribution in [0.3, 0.4) is 0 Å². The second-order valence-electron chi connectivity index (χ2n) is 5.85. The standard InChI is InChI=1S/C19H11F4NO5S/c20-13-7-10(9-2-1-3-11(6-9)29-19(21,22)23)8-14(25)15(13)24-17(26)12-4-5-30-16(12)18(27)28/h1-8,25H,(H,24,26)(H,27,28). The van der Waals surface area contributed by atoms with E-state index in [2.05, 4.69) is 10.1 Å². The number of nitrogens with one attached hydrogen (secondary N) is 1. The molecule has 11 heteroatoms. The lowest BCUT2D eigenvalue weighted by Gasteiger charge is -2.12. The van der Waals surface area contributed by atoms with Crippen LogP contribution in [0, 0.1) is 5.82 Å². The van der Waals surface area contributed by atoms with Crippen LogP contribution in [-0.4, -0.2) is 28.5 Å². The Morgan fingerprint density at radius 3 is 2.43 bits per heavy atom. The topological polar surface area (TPSA) is 95.9 Å². The Morgan fingerprint density at radius 2 is 1.80 bits per heavy atom. The van der Waals surface area contributed by atoms with Crippen LogP contribution < -0.4 is 10.1 Å². The number of aromatic hydroxyl groups is 1. The number of anilines is 1. The molecule has 0 spiro atoms. The zero-order valence-corrected chi connectivity index (χ0v) is 15.5. The second kappa shape index (κ2) is 8.03. The van der Waals surface area contributed by atoms with Crippen molar-refractivity contribution >= 4 is 28.9 Å². The van der Waals surface area contributed by atoms with Gasteiger partial charge in [0.2, 0.25) is 0 Å². The molecule has 0 atom stereocenters. The number of ether oxygens (including phenoxy) is 1. The van der Waals surface area contributed by atoms with E-state index in [-0.39, 0.29) is 21.6 Å². The first-order chi connectivity index (χ1) is 14.0. The third-order valence-electron chi connectivity index (χ3n) is 3.81. The molecule has 1 aromatic heterocycles. The lowest BCUT2D eigenvalue weighted by molar-refractivity contribution is -0.274. The number of carbonyl (C=O) groups is 2. The van der Waals surface area contributed by atoms with Gasteiger partial charge in [-0.2, -0.15) is 0 Å². The maximum atomic E-state index is 14.5. The minimum Gasteiger partial charge on any atom is -0.506 e. The van der Waals surface area contributed by atoms with E-state index in [1.165, 1.54) is 23.6 Å². The Balaban J connectivity index is 1.89. The molecule has 0 saturated carbocycles. The SMILES string of the molecule is O=C(Nc1c(O)cc(-c2cccc(OC(F)(F)F)c2)cc1F)c1ccsc1C(=O)O. The van der Waals surface area contributed by atoms with E-state index < -0.39 is 41.2 Å². The largest absolute Gasteiger partial charge is 0.573 e. The van der Waals surface area contributed by atoms with Crippen LogP contribution in [0.4, 0.5) is 23.2 Å². The molecular weight excluding hydrogens is 430 g/mol. The number of carboxylic acid groups (broad SMARTS) is 1. The highest BCUT2D eigenvalue weighted by Crippen LogP contribution is 2.35. The van der Waals surface area contributed by atoms with Gasteiger partial charge in [-0.3, -0.25) is 4.79 Å². The lowest BCUT2D eigenvalue weighted by atomic mass is 10.0. The van der Waals surface area contributed by atoms with Crippen molar-refractivity contribution in [2.75, 3.05) is 5.32 Å². The second-order valence-corrected chi connectivity index (χ2v) is 6.77. The maximum absolute atomic E-state index is 14.5. The molecule has 0 unspecified atom stereocenters. The summed E-state index contributed by atoms with van der Waals surface area (Å²) in [6.07, 6.45) is -4.91. The predicted molar refractivity (Wildman–Crippen MR) is 99.4 cm³/mol. The van der Waals surface area contributed by atoms with E-state index in [1.54, 1.807) is 0 Å². The molecule has 6 nitrogen and oxygen atoms in total. The fourth-order valence-corrected chi connectivity index (χ4v) is 3.32. The number of halogens is 4. The summed E-state index contributed by atoms with van der Waals surface area (Å²) in [5.41, 5.74) is -0.673. The summed E-state index contributed by atoms with van der Waals surface area (Å²) in [5, 5.41) is 22.7. The molecule has 0 aliphatic rings. The number of benzene rings is 2. The molecule has 0 saturated heterocycles. The van der Waals surface area contributed by atoms with E-state index >= 15 is 0 Å². The van der Waals surface area contributed by atoms with Crippen LogP contribution >= 0.6 is 11.3 Å². The van der Waals surface area contributed by atoms with Crippen LogP contribution in [0.15, 0.2) is 47.8 Å². The van der Waals surface area contributed by atoms with Crippen LogP contribution in [0.2, 0.25) is 0 Å². The Morgan fingerprint density at radius 1 is 1.07 bits per heavy atom. The van der Waals surface area contributed by atoms with E-state index in [0.717, 1.165) is 35.6 Å². The Bertz CT molecular complexity index is 1100. The molecule has 156 valence electrons. The van der Waals surface area contributed by atoms with Crippen LogP contribution in [-0.2, 0) is 0 Å². The molecule has 30 heavy (non-hydrogen) atoms. The number of alkyl halides is 3. The smallest absolute Gasteiger partial charge is 0.506 e. The molecule has 1 heterocycles. The summed E-state index contributed by atoms with van der Waals surface area (Å²) in [6.45, 7) is 0. The van der Waals surface area contributed by atoms with Gasteiger partial charge in [0, 0.05) is 0 Å². The summed E-state index contributed by atoms with van der Waals surface area (Å²) in [7, 11) is 0. The minimum absolute atomic E-state index is 0.0254. The van der Waals surface area contributed by atoms with Crippen LogP contribution in [0.25, 0.3) is 11.1 Å². The van der Waals surface area contributed by atoms with E-state index in [0.29, 0.717) is 0 Å². The lowest BCUT2D eigenvalue weighted by Crippen LogP contribution is -2.17. The fraction of sp³-hybridized carbons (Fsp3) is 0.0526. The maximum Gasteiger partial charge on any atom is 0.573 e. The number of phenols is 1. The number of hydrogen-bond acceptors (Lipinski definition) is 5. The highest BCUT2D eigenvalue weighted by molar-refractivity contribution is 7.12. The number of phenolic OH excluding ortho intramolecular Hbond substituents is 1. The monoisotopic (exact) mass is 441 g/mol. The molecule has 0 radical (unpaired) electrons. The van der Waals surface area contributed by atoms with E-state index in [4.69, 9.17) is 5.11 Å². The van der Waals surface area contributed by atoms with Crippen molar-refractivity contribution in [3.63, 3.8) is 0 Å². The van der Waals surface area contributed by atoms with E-state index in [1.807, 2.05) is 0 Å². The highest BCUT2D eigenvalue weighted by atomic mass is 32.1.